The van der Waals surface area contributed by atoms with Crippen molar-refractivity contribution in [3.63, 3.8) is 0 Å². The first-order chi connectivity index (χ1) is 9.31. The Morgan fingerprint density at radius 1 is 1.21 bits per heavy atom. The molecule has 0 aliphatic heterocycles. The van der Waals surface area contributed by atoms with Crippen LogP contribution >= 0.6 is 0 Å². The van der Waals surface area contributed by atoms with Crippen LogP contribution in [0, 0.1) is 0 Å². The Balaban J connectivity index is 2.10. The van der Waals surface area contributed by atoms with Crippen molar-refractivity contribution in [1.82, 2.24) is 10.5 Å². The predicted octanol–water partition coefficient (Wildman–Crippen LogP) is 1.98. The number of hydrogen-bond donors (Lipinski definition) is 2. The van der Waals surface area contributed by atoms with E-state index in [4.69, 9.17) is 0 Å². The number of carbonyl (C=O) groups is 1. The van der Waals surface area contributed by atoms with Crippen molar-refractivity contribution < 1.29 is 9.63 Å². The molecule has 0 atom stereocenters. The SMILES string of the molecule is CONC(=O)c1ccccc1NCc1ccncc1. The molecule has 2 N–H and O–H groups in total. The van der Waals surface area contributed by atoms with Crippen molar-refractivity contribution in [2.45, 2.75) is 6.54 Å². The Morgan fingerprint density at radius 2 is 1.95 bits per heavy atom. The maximum Gasteiger partial charge on any atom is 0.276 e. The number of amides is 1. The molecule has 1 aromatic heterocycles. The van der Waals surface area contributed by atoms with Crippen LogP contribution in [0.3, 0.4) is 0 Å². The van der Waals surface area contributed by atoms with Gasteiger partial charge in [-0.25, -0.2) is 5.48 Å². The standard InChI is InChI=1S/C14H15N3O2/c1-19-17-14(18)12-4-2-3-5-13(12)16-10-11-6-8-15-9-7-11/h2-9,16H,10H2,1H3,(H,17,18). The molecule has 0 bridgehead atoms. The van der Waals surface area contributed by atoms with Gasteiger partial charge in [0.05, 0.1) is 12.7 Å². The van der Waals surface area contributed by atoms with Gasteiger partial charge in [-0.3, -0.25) is 14.6 Å². The highest BCUT2D eigenvalue weighted by Crippen LogP contribution is 2.16. The number of hydroxylamine groups is 1. The summed E-state index contributed by atoms with van der Waals surface area (Å²) < 4.78 is 0. The molecule has 2 rings (SSSR count). The van der Waals surface area contributed by atoms with Gasteiger partial charge in [-0.05, 0) is 29.8 Å². The lowest BCUT2D eigenvalue weighted by Crippen LogP contribution is -2.23. The molecule has 1 heterocycles. The minimum Gasteiger partial charge on any atom is -0.380 e. The van der Waals surface area contributed by atoms with Gasteiger partial charge in [-0.15, -0.1) is 0 Å². The summed E-state index contributed by atoms with van der Waals surface area (Å²) in [5.74, 6) is -0.277. The van der Waals surface area contributed by atoms with Gasteiger partial charge in [0.2, 0.25) is 0 Å². The Kier molecular flexibility index (Phi) is 4.47. The molecular weight excluding hydrogens is 242 g/mol. The highest BCUT2D eigenvalue weighted by atomic mass is 16.6. The summed E-state index contributed by atoms with van der Waals surface area (Å²) in [5.41, 5.74) is 4.70. The number of rotatable bonds is 5. The Morgan fingerprint density at radius 3 is 2.68 bits per heavy atom. The van der Waals surface area contributed by atoms with Gasteiger partial charge in [0.15, 0.2) is 0 Å². The van der Waals surface area contributed by atoms with E-state index in [2.05, 4.69) is 20.6 Å². The largest absolute Gasteiger partial charge is 0.380 e. The number of carbonyl (C=O) groups excluding carboxylic acids is 1. The van der Waals surface area contributed by atoms with E-state index >= 15 is 0 Å². The first kappa shape index (κ1) is 13.0. The van der Waals surface area contributed by atoms with Crippen LogP contribution in [0.15, 0.2) is 48.8 Å². The Labute approximate surface area is 111 Å². The van der Waals surface area contributed by atoms with Crippen LogP contribution in [0.5, 0.6) is 0 Å². The minimum absolute atomic E-state index is 0.277. The number of para-hydroxylation sites is 1. The van der Waals surface area contributed by atoms with Gasteiger partial charge >= 0.3 is 0 Å². The third kappa shape index (κ3) is 3.53. The molecule has 0 spiro atoms. The van der Waals surface area contributed by atoms with E-state index < -0.39 is 0 Å². The molecule has 2 aromatic rings. The fourth-order valence-corrected chi connectivity index (χ4v) is 1.68. The highest BCUT2D eigenvalue weighted by Gasteiger charge is 2.09. The number of aromatic nitrogens is 1. The maximum absolute atomic E-state index is 11.8. The number of pyridine rings is 1. The van der Waals surface area contributed by atoms with Crippen molar-refractivity contribution >= 4 is 11.6 Å². The van der Waals surface area contributed by atoms with E-state index in [9.17, 15) is 4.79 Å². The Hall–Kier alpha value is -2.40. The second-order valence-electron chi connectivity index (χ2n) is 3.89. The van der Waals surface area contributed by atoms with Crippen molar-refractivity contribution in [3.8, 4) is 0 Å². The number of benzene rings is 1. The highest BCUT2D eigenvalue weighted by molar-refractivity contribution is 5.98. The van der Waals surface area contributed by atoms with Crippen LogP contribution in [0.4, 0.5) is 5.69 Å². The van der Waals surface area contributed by atoms with Gasteiger partial charge in [-0.1, -0.05) is 12.1 Å². The van der Waals surface area contributed by atoms with Crippen LogP contribution in [0.25, 0.3) is 0 Å². The molecule has 0 radical (unpaired) electrons. The smallest absolute Gasteiger partial charge is 0.276 e. The van der Waals surface area contributed by atoms with Gasteiger partial charge in [0.25, 0.3) is 5.91 Å². The van der Waals surface area contributed by atoms with Crippen LogP contribution < -0.4 is 10.8 Å². The first-order valence-electron chi connectivity index (χ1n) is 5.86. The molecule has 0 unspecified atom stereocenters. The van der Waals surface area contributed by atoms with E-state index in [-0.39, 0.29) is 5.91 Å². The predicted molar refractivity (Wildman–Crippen MR) is 72.5 cm³/mol. The van der Waals surface area contributed by atoms with Crippen molar-refractivity contribution in [1.29, 1.82) is 0 Å². The summed E-state index contributed by atoms with van der Waals surface area (Å²) in [4.78, 5) is 20.4. The topological polar surface area (TPSA) is 63.2 Å². The van der Waals surface area contributed by atoms with E-state index in [0.29, 0.717) is 12.1 Å². The molecule has 0 aliphatic rings. The van der Waals surface area contributed by atoms with Gasteiger partial charge in [0, 0.05) is 24.6 Å². The third-order valence-corrected chi connectivity index (χ3v) is 2.60. The zero-order valence-corrected chi connectivity index (χ0v) is 10.6. The van der Waals surface area contributed by atoms with Crippen LogP contribution in [0.2, 0.25) is 0 Å². The lowest BCUT2D eigenvalue weighted by Gasteiger charge is -2.11. The molecule has 0 saturated heterocycles. The van der Waals surface area contributed by atoms with Crippen molar-refractivity contribution in [2.75, 3.05) is 12.4 Å². The zero-order chi connectivity index (χ0) is 13.5. The van der Waals surface area contributed by atoms with E-state index in [0.717, 1.165) is 11.3 Å². The number of nitrogens with zero attached hydrogens (tertiary/aromatic N) is 1. The minimum atomic E-state index is -0.277. The van der Waals surface area contributed by atoms with Gasteiger partial charge < -0.3 is 5.32 Å². The summed E-state index contributed by atoms with van der Waals surface area (Å²) in [6.07, 6.45) is 3.47. The second-order valence-corrected chi connectivity index (χ2v) is 3.89. The fourth-order valence-electron chi connectivity index (χ4n) is 1.68. The fraction of sp³-hybridized carbons (Fsp3) is 0.143. The lowest BCUT2D eigenvalue weighted by atomic mass is 10.1. The average Bonchev–Trinajstić information content (AvgIpc) is 2.47. The summed E-state index contributed by atoms with van der Waals surface area (Å²) in [6.45, 7) is 0.625. The molecule has 0 saturated carbocycles. The van der Waals surface area contributed by atoms with Crippen molar-refractivity contribution in [2.24, 2.45) is 0 Å². The molecule has 0 aliphatic carbocycles. The molecule has 98 valence electrons. The number of nitrogens with one attached hydrogen (secondary N) is 2. The molecule has 19 heavy (non-hydrogen) atoms. The number of anilines is 1. The monoisotopic (exact) mass is 257 g/mol. The molecule has 1 aromatic carbocycles. The third-order valence-electron chi connectivity index (χ3n) is 2.60. The van der Waals surface area contributed by atoms with Crippen LogP contribution in [-0.2, 0) is 11.4 Å². The van der Waals surface area contributed by atoms with Crippen LogP contribution in [0.1, 0.15) is 15.9 Å². The summed E-state index contributed by atoms with van der Waals surface area (Å²) in [6, 6.07) is 11.1. The molecular formula is C14H15N3O2. The normalized spacial score (nSPS) is 9.95. The molecule has 1 amide bonds. The quantitative estimate of drug-likeness (QED) is 0.804. The average molecular weight is 257 g/mol. The molecule has 5 heteroatoms. The second kappa shape index (κ2) is 6.51. The Bertz CT molecular complexity index is 543. The first-order valence-corrected chi connectivity index (χ1v) is 5.86. The zero-order valence-electron chi connectivity index (χ0n) is 10.6. The summed E-state index contributed by atoms with van der Waals surface area (Å²) in [7, 11) is 1.41. The summed E-state index contributed by atoms with van der Waals surface area (Å²) in [5, 5.41) is 3.22. The van der Waals surface area contributed by atoms with E-state index in [1.165, 1.54) is 7.11 Å². The molecule has 5 nitrogen and oxygen atoms in total. The molecule has 0 fully saturated rings. The van der Waals surface area contributed by atoms with Crippen molar-refractivity contribution in [3.05, 3.63) is 59.9 Å². The van der Waals surface area contributed by atoms with Gasteiger partial charge in [0.1, 0.15) is 0 Å². The summed E-state index contributed by atoms with van der Waals surface area (Å²) >= 11 is 0. The van der Waals surface area contributed by atoms with Gasteiger partial charge in [-0.2, -0.15) is 0 Å². The van der Waals surface area contributed by atoms with E-state index in [1.807, 2.05) is 30.3 Å². The van der Waals surface area contributed by atoms with E-state index in [1.54, 1.807) is 18.5 Å². The lowest BCUT2D eigenvalue weighted by molar-refractivity contribution is 0.0538. The number of hydrogen-bond acceptors (Lipinski definition) is 4. The van der Waals surface area contributed by atoms with Crippen LogP contribution in [-0.4, -0.2) is 18.0 Å². The maximum atomic E-state index is 11.8.